The standard InChI is InChI=1S/C15H14N4O5/c1-17-13-12(14(21)18(2)15(17)22)9(7-11(20)16-13)8-5-3-4-6-10(8)19(23)24/h3-6,9,12H,7H2,1-2H3. The van der Waals surface area contributed by atoms with Gasteiger partial charge >= 0.3 is 6.03 Å². The van der Waals surface area contributed by atoms with Gasteiger partial charge in [0.1, 0.15) is 11.8 Å². The van der Waals surface area contributed by atoms with Crippen LogP contribution in [0.5, 0.6) is 0 Å². The van der Waals surface area contributed by atoms with Gasteiger partial charge in [0.25, 0.3) is 5.69 Å². The van der Waals surface area contributed by atoms with Gasteiger partial charge in [-0.2, -0.15) is 4.99 Å². The topological polar surface area (TPSA) is 113 Å². The lowest BCUT2D eigenvalue weighted by Gasteiger charge is -2.40. The third-order valence-corrected chi connectivity index (χ3v) is 4.36. The molecule has 2 aliphatic heterocycles. The Morgan fingerprint density at radius 3 is 2.50 bits per heavy atom. The van der Waals surface area contributed by atoms with E-state index in [2.05, 4.69) is 4.99 Å². The smallest absolute Gasteiger partial charge is 0.284 e. The number of hydrogen-bond donors (Lipinski definition) is 0. The Morgan fingerprint density at radius 2 is 1.83 bits per heavy atom. The van der Waals surface area contributed by atoms with Gasteiger partial charge in [0.05, 0.1) is 4.92 Å². The van der Waals surface area contributed by atoms with Crippen LogP contribution in [0.15, 0.2) is 29.3 Å². The number of carbonyl (C=O) groups is 3. The Bertz CT molecular complexity index is 803. The van der Waals surface area contributed by atoms with E-state index in [1.807, 2.05) is 0 Å². The molecule has 0 aliphatic carbocycles. The van der Waals surface area contributed by atoms with Crippen LogP contribution in [-0.2, 0) is 9.59 Å². The number of amides is 4. The highest BCUT2D eigenvalue weighted by Crippen LogP contribution is 2.40. The minimum absolute atomic E-state index is 0.0440. The summed E-state index contributed by atoms with van der Waals surface area (Å²) in [4.78, 5) is 53.3. The van der Waals surface area contributed by atoms with Gasteiger partial charge in [-0.3, -0.25) is 29.5 Å². The maximum Gasteiger partial charge on any atom is 0.331 e. The Labute approximate surface area is 136 Å². The maximum atomic E-state index is 12.6. The van der Waals surface area contributed by atoms with Gasteiger partial charge in [0, 0.05) is 38.1 Å². The van der Waals surface area contributed by atoms with Gasteiger partial charge in [-0.25, -0.2) is 4.79 Å². The van der Waals surface area contributed by atoms with Crippen molar-refractivity contribution in [3.63, 3.8) is 0 Å². The van der Waals surface area contributed by atoms with Crippen molar-refractivity contribution in [3.05, 3.63) is 39.9 Å². The first-order valence-corrected chi connectivity index (χ1v) is 7.23. The van der Waals surface area contributed by atoms with Gasteiger partial charge in [-0.1, -0.05) is 18.2 Å². The van der Waals surface area contributed by atoms with E-state index >= 15 is 0 Å². The number of benzene rings is 1. The molecule has 1 aromatic carbocycles. The second kappa shape index (κ2) is 5.52. The van der Waals surface area contributed by atoms with Gasteiger partial charge < -0.3 is 0 Å². The summed E-state index contributed by atoms with van der Waals surface area (Å²) in [5.41, 5.74) is 0.129. The number of rotatable bonds is 2. The fourth-order valence-electron chi connectivity index (χ4n) is 3.18. The van der Waals surface area contributed by atoms with Crippen LogP contribution in [0.3, 0.4) is 0 Å². The summed E-state index contributed by atoms with van der Waals surface area (Å²) in [7, 11) is 2.76. The molecule has 2 aliphatic rings. The van der Waals surface area contributed by atoms with Crippen LogP contribution in [0.4, 0.5) is 10.5 Å². The third-order valence-electron chi connectivity index (χ3n) is 4.36. The number of hydrogen-bond acceptors (Lipinski definition) is 5. The minimum atomic E-state index is -0.906. The molecule has 0 aromatic heterocycles. The number of nitrogens with zero attached hydrogens (tertiary/aromatic N) is 4. The van der Waals surface area contributed by atoms with Crippen LogP contribution in [0.1, 0.15) is 17.9 Å². The third kappa shape index (κ3) is 2.25. The number of fused-ring (bicyclic) bond motifs is 1. The van der Waals surface area contributed by atoms with E-state index in [0.717, 1.165) is 9.80 Å². The van der Waals surface area contributed by atoms with Crippen molar-refractivity contribution in [2.24, 2.45) is 10.9 Å². The Morgan fingerprint density at radius 1 is 1.17 bits per heavy atom. The second-order valence-electron chi connectivity index (χ2n) is 5.71. The molecule has 2 atom stereocenters. The molecule has 1 aromatic rings. The van der Waals surface area contributed by atoms with E-state index in [1.165, 1.54) is 32.3 Å². The Balaban J connectivity index is 2.15. The Hall–Kier alpha value is -3.10. The summed E-state index contributed by atoms with van der Waals surface area (Å²) in [6.07, 6.45) is -0.124. The molecule has 1 saturated heterocycles. The molecule has 4 amide bonds. The molecule has 9 nitrogen and oxygen atoms in total. The lowest BCUT2D eigenvalue weighted by Crippen LogP contribution is -2.59. The highest BCUT2D eigenvalue weighted by atomic mass is 16.6. The summed E-state index contributed by atoms with van der Waals surface area (Å²) in [5.74, 6) is -2.63. The number of imide groups is 1. The molecule has 2 unspecified atom stereocenters. The highest BCUT2D eigenvalue weighted by molar-refractivity contribution is 6.21. The van der Waals surface area contributed by atoms with Crippen LogP contribution in [-0.4, -0.2) is 52.5 Å². The SMILES string of the molecule is CN1C(=O)C2C(=NC(=O)CC2c2ccccc2[N+](=O)[O-])N(C)C1=O. The van der Waals surface area contributed by atoms with E-state index in [0.29, 0.717) is 0 Å². The van der Waals surface area contributed by atoms with Gasteiger partial charge in [-0.15, -0.1) is 0 Å². The van der Waals surface area contributed by atoms with Crippen molar-refractivity contribution in [1.82, 2.24) is 9.80 Å². The molecule has 3 rings (SSSR count). The molecule has 124 valence electrons. The summed E-state index contributed by atoms with van der Waals surface area (Å²) >= 11 is 0. The monoisotopic (exact) mass is 330 g/mol. The predicted molar refractivity (Wildman–Crippen MR) is 82.3 cm³/mol. The van der Waals surface area contributed by atoms with Crippen LogP contribution in [0, 0.1) is 16.0 Å². The van der Waals surface area contributed by atoms with Gasteiger partial charge in [0.2, 0.25) is 11.8 Å². The molecule has 0 radical (unpaired) electrons. The molecule has 9 heteroatoms. The molecule has 0 saturated carbocycles. The highest BCUT2D eigenvalue weighted by Gasteiger charge is 2.49. The number of aliphatic imine (C=N–C) groups is 1. The minimum Gasteiger partial charge on any atom is -0.284 e. The average Bonchev–Trinajstić information content (AvgIpc) is 2.57. The van der Waals surface area contributed by atoms with Gasteiger partial charge in [0.15, 0.2) is 0 Å². The van der Waals surface area contributed by atoms with Crippen molar-refractivity contribution in [2.75, 3.05) is 14.1 Å². The largest absolute Gasteiger partial charge is 0.331 e. The lowest BCUT2D eigenvalue weighted by atomic mass is 9.78. The average molecular weight is 330 g/mol. The zero-order valence-electron chi connectivity index (χ0n) is 13.0. The maximum absolute atomic E-state index is 12.6. The van der Waals surface area contributed by atoms with E-state index in [9.17, 15) is 24.5 Å². The van der Waals surface area contributed by atoms with Crippen LogP contribution in [0.25, 0.3) is 0 Å². The number of para-hydroxylation sites is 1. The molecular formula is C15H14N4O5. The van der Waals surface area contributed by atoms with Gasteiger partial charge in [-0.05, 0) is 0 Å². The first kappa shape index (κ1) is 15.8. The number of nitro benzene ring substituents is 1. The van der Waals surface area contributed by atoms with Crippen molar-refractivity contribution >= 4 is 29.4 Å². The molecule has 0 spiro atoms. The molecule has 1 fully saturated rings. The van der Waals surface area contributed by atoms with E-state index in [1.54, 1.807) is 6.07 Å². The molecular weight excluding hydrogens is 316 g/mol. The summed E-state index contributed by atoms with van der Waals surface area (Å²) in [6.45, 7) is 0. The zero-order chi connectivity index (χ0) is 17.6. The van der Waals surface area contributed by atoms with E-state index < -0.39 is 34.6 Å². The Kier molecular flexibility index (Phi) is 3.63. The van der Waals surface area contributed by atoms with E-state index in [4.69, 9.17) is 0 Å². The fourth-order valence-corrected chi connectivity index (χ4v) is 3.18. The molecule has 0 N–H and O–H groups in total. The predicted octanol–water partition coefficient (Wildman–Crippen LogP) is 1.15. The summed E-state index contributed by atoms with van der Waals surface area (Å²) in [5, 5.41) is 11.3. The van der Waals surface area contributed by atoms with Crippen molar-refractivity contribution in [2.45, 2.75) is 12.3 Å². The summed E-state index contributed by atoms with van der Waals surface area (Å²) < 4.78 is 0. The number of urea groups is 1. The number of carbonyl (C=O) groups excluding carboxylic acids is 3. The lowest BCUT2D eigenvalue weighted by molar-refractivity contribution is -0.385. The van der Waals surface area contributed by atoms with Crippen molar-refractivity contribution in [1.29, 1.82) is 0 Å². The molecule has 24 heavy (non-hydrogen) atoms. The van der Waals surface area contributed by atoms with Crippen molar-refractivity contribution in [3.8, 4) is 0 Å². The second-order valence-corrected chi connectivity index (χ2v) is 5.71. The van der Waals surface area contributed by atoms with Crippen LogP contribution < -0.4 is 0 Å². The fraction of sp³-hybridized carbons (Fsp3) is 0.333. The molecule has 2 heterocycles. The quantitative estimate of drug-likeness (QED) is 0.596. The van der Waals surface area contributed by atoms with E-state index in [-0.39, 0.29) is 23.5 Å². The van der Waals surface area contributed by atoms with Crippen molar-refractivity contribution < 1.29 is 19.3 Å². The number of nitro groups is 1. The van der Waals surface area contributed by atoms with Crippen LogP contribution >= 0.6 is 0 Å². The first-order valence-electron chi connectivity index (χ1n) is 7.23. The normalized spacial score (nSPS) is 23.9. The molecule has 0 bridgehead atoms. The summed E-state index contributed by atoms with van der Waals surface area (Å²) in [6, 6.07) is 5.40. The van der Waals surface area contributed by atoms with Crippen LogP contribution in [0.2, 0.25) is 0 Å². The first-order chi connectivity index (χ1) is 11.3. The zero-order valence-corrected chi connectivity index (χ0v) is 13.0. The number of amidine groups is 1.